The van der Waals surface area contributed by atoms with Crippen LogP contribution in [0.25, 0.3) is 11.3 Å². The maximum atomic E-state index is 5.54. The molecular formula is C13H13O+. The Morgan fingerprint density at radius 1 is 1.00 bits per heavy atom. The summed E-state index contributed by atoms with van der Waals surface area (Å²) in [7, 11) is 0. The maximum absolute atomic E-state index is 5.54. The summed E-state index contributed by atoms with van der Waals surface area (Å²) in [6.45, 7) is 2.12. The monoisotopic (exact) mass is 185 g/mol. The van der Waals surface area contributed by atoms with Crippen molar-refractivity contribution >= 4 is 0 Å². The van der Waals surface area contributed by atoms with E-state index in [1.807, 2.05) is 42.7 Å². The molecule has 70 valence electrons. The van der Waals surface area contributed by atoms with Crippen molar-refractivity contribution in [3.63, 3.8) is 0 Å². The normalized spacial score (nSPS) is 10.1. The van der Waals surface area contributed by atoms with E-state index in [1.165, 1.54) is 5.56 Å². The number of hydrogen-bond acceptors (Lipinski definition) is 0. The quantitative estimate of drug-likeness (QED) is 0.648. The van der Waals surface area contributed by atoms with Gasteiger partial charge in [-0.25, -0.2) is 4.42 Å². The molecule has 0 aliphatic rings. The third-order valence-electron chi connectivity index (χ3n) is 2.25. The van der Waals surface area contributed by atoms with Crippen molar-refractivity contribution in [2.75, 3.05) is 0 Å². The van der Waals surface area contributed by atoms with E-state index in [-0.39, 0.29) is 0 Å². The van der Waals surface area contributed by atoms with Crippen molar-refractivity contribution in [2.24, 2.45) is 0 Å². The Labute approximate surface area is 84.0 Å². The predicted octanol–water partition coefficient (Wildman–Crippen LogP) is 3.79. The topological polar surface area (TPSA) is 11.3 Å². The third-order valence-corrected chi connectivity index (χ3v) is 2.25. The maximum Gasteiger partial charge on any atom is 0.359 e. The molecule has 1 heteroatoms. The summed E-state index contributed by atoms with van der Waals surface area (Å²) in [5, 5.41) is 0. The zero-order chi connectivity index (χ0) is 9.80. The molecule has 0 fully saturated rings. The lowest BCUT2D eigenvalue weighted by atomic mass is 10.1. The lowest BCUT2D eigenvalue weighted by Gasteiger charge is -1.91. The van der Waals surface area contributed by atoms with E-state index in [0.717, 1.165) is 17.7 Å². The minimum absolute atomic E-state index is 0.919. The summed E-state index contributed by atoms with van der Waals surface area (Å²) in [6.07, 6.45) is 2.83. The molecule has 2 rings (SSSR count). The molecule has 1 heterocycles. The van der Waals surface area contributed by atoms with Gasteiger partial charge >= 0.3 is 12.0 Å². The number of hydrogen-bond donors (Lipinski definition) is 0. The summed E-state index contributed by atoms with van der Waals surface area (Å²) >= 11 is 0. The highest BCUT2D eigenvalue weighted by atomic mass is 16.3. The molecule has 1 nitrogen and oxygen atoms in total. The molecule has 0 atom stereocenters. The lowest BCUT2D eigenvalue weighted by molar-refractivity contribution is 0.558. The van der Waals surface area contributed by atoms with Crippen molar-refractivity contribution in [1.29, 1.82) is 0 Å². The van der Waals surface area contributed by atoms with Crippen LogP contribution in [0.3, 0.4) is 0 Å². The Bertz CT molecular complexity index is 389. The van der Waals surface area contributed by atoms with Gasteiger partial charge < -0.3 is 0 Å². The second kappa shape index (κ2) is 4.05. The van der Waals surface area contributed by atoms with Crippen LogP contribution >= 0.6 is 0 Å². The molecule has 0 aliphatic heterocycles. The minimum atomic E-state index is 0.919. The number of aryl methyl sites for hydroxylation is 1. The zero-order valence-electron chi connectivity index (χ0n) is 8.23. The van der Waals surface area contributed by atoms with Crippen LogP contribution in [0.4, 0.5) is 0 Å². The molecular weight excluding hydrogens is 172 g/mol. The summed E-state index contributed by atoms with van der Waals surface area (Å²) < 4.78 is 5.54. The molecule has 1 aromatic heterocycles. The molecule has 0 radical (unpaired) electrons. The smallest absolute Gasteiger partial charge is 0.215 e. The molecule has 1 aromatic carbocycles. The first-order chi connectivity index (χ1) is 6.90. The Hall–Kier alpha value is -1.63. The van der Waals surface area contributed by atoms with Gasteiger partial charge in [0.15, 0.2) is 0 Å². The second-order valence-electron chi connectivity index (χ2n) is 3.23. The van der Waals surface area contributed by atoms with Crippen LogP contribution in [-0.4, -0.2) is 0 Å². The van der Waals surface area contributed by atoms with Gasteiger partial charge in [-0.2, -0.15) is 0 Å². The van der Waals surface area contributed by atoms with E-state index in [0.29, 0.717) is 0 Å². The van der Waals surface area contributed by atoms with Crippen LogP contribution in [0.15, 0.2) is 53.1 Å². The second-order valence-corrected chi connectivity index (χ2v) is 3.23. The number of rotatable bonds is 2. The molecule has 14 heavy (non-hydrogen) atoms. The van der Waals surface area contributed by atoms with Crippen molar-refractivity contribution in [3.8, 4) is 11.3 Å². The Morgan fingerprint density at radius 3 is 2.36 bits per heavy atom. The van der Waals surface area contributed by atoms with Crippen LogP contribution in [0, 0.1) is 0 Å². The van der Waals surface area contributed by atoms with Gasteiger partial charge in [0.05, 0.1) is 5.56 Å². The molecule has 0 unspecified atom stereocenters. The molecule has 0 bridgehead atoms. The van der Waals surface area contributed by atoms with Gasteiger partial charge in [0, 0.05) is 11.6 Å². The Kier molecular flexibility index (Phi) is 2.59. The summed E-state index contributed by atoms with van der Waals surface area (Å²) in [5.74, 6) is 0.919. The van der Waals surface area contributed by atoms with Crippen LogP contribution < -0.4 is 0 Å². The van der Waals surface area contributed by atoms with Gasteiger partial charge in [0.1, 0.15) is 0 Å². The first-order valence-corrected chi connectivity index (χ1v) is 4.86. The molecule has 0 N–H and O–H groups in total. The first-order valence-electron chi connectivity index (χ1n) is 4.86. The SMILES string of the molecule is CCc1ccc(-c2ccccc2)[o+]c1. The zero-order valence-corrected chi connectivity index (χ0v) is 8.23. The summed E-state index contributed by atoms with van der Waals surface area (Å²) in [5.41, 5.74) is 2.35. The highest BCUT2D eigenvalue weighted by Gasteiger charge is 2.09. The van der Waals surface area contributed by atoms with E-state index in [2.05, 4.69) is 13.0 Å². The Morgan fingerprint density at radius 2 is 1.79 bits per heavy atom. The van der Waals surface area contributed by atoms with Crippen LogP contribution in [0.1, 0.15) is 12.5 Å². The first kappa shape index (κ1) is 8.95. The van der Waals surface area contributed by atoms with Gasteiger partial charge in [-0.05, 0) is 24.6 Å². The number of benzene rings is 1. The third kappa shape index (κ3) is 1.82. The van der Waals surface area contributed by atoms with Crippen molar-refractivity contribution in [3.05, 3.63) is 54.3 Å². The largest absolute Gasteiger partial charge is 0.359 e. The van der Waals surface area contributed by atoms with Crippen LogP contribution in [-0.2, 0) is 6.42 Å². The van der Waals surface area contributed by atoms with Crippen molar-refractivity contribution < 1.29 is 4.42 Å². The van der Waals surface area contributed by atoms with Gasteiger partial charge in [-0.3, -0.25) is 0 Å². The average molecular weight is 185 g/mol. The van der Waals surface area contributed by atoms with Crippen molar-refractivity contribution in [1.82, 2.24) is 0 Å². The minimum Gasteiger partial charge on any atom is -0.215 e. The van der Waals surface area contributed by atoms with E-state index in [4.69, 9.17) is 4.42 Å². The van der Waals surface area contributed by atoms with Gasteiger partial charge in [-0.1, -0.05) is 25.1 Å². The highest BCUT2D eigenvalue weighted by Crippen LogP contribution is 2.19. The van der Waals surface area contributed by atoms with Crippen LogP contribution in [0.5, 0.6) is 0 Å². The van der Waals surface area contributed by atoms with Gasteiger partial charge in [0.25, 0.3) is 0 Å². The molecule has 0 amide bonds. The van der Waals surface area contributed by atoms with Gasteiger partial charge in [0.2, 0.25) is 0 Å². The molecule has 0 spiro atoms. The van der Waals surface area contributed by atoms with E-state index in [1.54, 1.807) is 0 Å². The van der Waals surface area contributed by atoms with E-state index in [9.17, 15) is 0 Å². The molecule has 0 aliphatic carbocycles. The average Bonchev–Trinajstić information content (AvgIpc) is 2.30. The Balaban J connectivity index is 2.34. The fourth-order valence-electron chi connectivity index (χ4n) is 1.37. The van der Waals surface area contributed by atoms with Gasteiger partial charge in [-0.15, -0.1) is 0 Å². The van der Waals surface area contributed by atoms with E-state index < -0.39 is 0 Å². The van der Waals surface area contributed by atoms with Crippen molar-refractivity contribution in [2.45, 2.75) is 13.3 Å². The molecule has 0 saturated heterocycles. The standard InChI is InChI=1S/C13H13O/c1-2-11-8-9-13(14-10-11)12-6-4-3-5-7-12/h3-10H,2H2,1H3/q+1. The van der Waals surface area contributed by atoms with Crippen LogP contribution in [0.2, 0.25) is 0 Å². The fraction of sp³-hybridized carbons (Fsp3) is 0.154. The predicted molar refractivity (Wildman–Crippen MR) is 57.9 cm³/mol. The summed E-state index contributed by atoms with van der Waals surface area (Å²) in [6, 6.07) is 14.2. The fourth-order valence-corrected chi connectivity index (χ4v) is 1.37. The summed E-state index contributed by atoms with van der Waals surface area (Å²) in [4.78, 5) is 0. The highest BCUT2D eigenvalue weighted by molar-refractivity contribution is 5.56. The molecule has 0 saturated carbocycles. The lowest BCUT2D eigenvalue weighted by Crippen LogP contribution is -1.80. The molecule has 2 aromatic rings. The van der Waals surface area contributed by atoms with E-state index >= 15 is 0 Å².